The van der Waals surface area contributed by atoms with Gasteiger partial charge in [0, 0.05) is 19.6 Å². The zero-order valence-electron chi connectivity index (χ0n) is 11.9. The van der Waals surface area contributed by atoms with Crippen LogP contribution in [-0.2, 0) is 15.1 Å². The Morgan fingerprint density at radius 2 is 2.15 bits per heavy atom. The Labute approximate surface area is 119 Å². The van der Waals surface area contributed by atoms with E-state index in [0.29, 0.717) is 6.42 Å². The quantitative estimate of drug-likeness (QED) is 0.818. The molecule has 1 aliphatic rings. The maximum atomic E-state index is 11.8. The monoisotopic (exact) mass is 277 g/mol. The predicted molar refractivity (Wildman–Crippen MR) is 78.0 cm³/mol. The first-order chi connectivity index (χ1) is 9.52. The van der Waals surface area contributed by atoms with E-state index in [1.807, 2.05) is 37.3 Å². The van der Waals surface area contributed by atoms with Crippen LogP contribution < -0.4 is 11.5 Å². The van der Waals surface area contributed by atoms with Crippen molar-refractivity contribution in [1.29, 1.82) is 0 Å². The second kappa shape index (κ2) is 6.35. The number of hydrogen-bond donors (Lipinski definition) is 2. The van der Waals surface area contributed by atoms with Gasteiger partial charge < -0.3 is 16.2 Å². The highest BCUT2D eigenvalue weighted by atomic mass is 16.5. The molecule has 2 rings (SSSR count). The summed E-state index contributed by atoms with van der Waals surface area (Å²) < 4.78 is 5.51. The summed E-state index contributed by atoms with van der Waals surface area (Å²) in [5, 5.41) is 0. The average molecular weight is 277 g/mol. The van der Waals surface area contributed by atoms with Gasteiger partial charge in [0.25, 0.3) is 0 Å². The van der Waals surface area contributed by atoms with Crippen molar-refractivity contribution in [3.05, 3.63) is 35.9 Å². The van der Waals surface area contributed by atoms with Crippen molar-refractivity contribution < 1.29 is 9.53 Å². The molecular formula is C15H23N3O2. The second-order valence-electron chi connectivity index (χ2n) is 5.43. The first-order valence-electron chi connectivity index (χ1n) is 7.00. The number of ether oxygens (including phenoxy) is 1. The van der Waals surface area contributed by atoms with Gasteiger partial charge >= 0.3 is 0 Å². The molecule has 1 amide bonds. The zero-order chi connectivity index (χ0) is 14.6. The van der Waals surface area contributed by atoms with Gasteiger partial charge in [0.15, 0.2) is 0 Å². The van der Waals surface area contributed by atoms with Crippen LogP contribution in [0.15, 0.2) is 30.3 Å². The first kappa shape index (κ1) is 15.0. The molecule has 5 nitrogen and oxygen atoms in total. The van der Waals surface area contributed by atoms with Crippen LogP contribution in [0.1, 0.15) is 18.9 Å². The molecule has 4 N–H and O–H groups in total. The van der Waals surface area contributed by atoms with E-state index in [4.69, 9.17) is 16.2 Å². The Bertz CT molecular complexity index is 452. The Balaban J connectivity index is 2.04. The van der Waals surface area contributed by atoms with Gasteiger partial charge in [0.05, 0.1) is 12.7 Å². The molecule has 0 saturated carbocycles. The maximum absolute atomic E-state index is 11.8. The number of hydrogen-bond acceptors (Lipinski definition) is 4. The van der Waals surface area contributed by atoms with Gasteiger partial charge in [-0.3, -0.25) is 9.69 Å². The normalized spacial score (nSPS) is 23.2. The van der Waals surface area contributed by atoms with Gasteiger partial charge in [0.2, 0.25) is 5.91 Å². The number of nitrogens with zero attached hydrogens (tertiary/aromatic N) is 1. The molecule has 1 aliphatic heterocycles. The fraction of sp³-hybridized carbons (Fsp3) is 0.533. The van der Waals surface area contributed by atoms with Crippen LogP contribution in [0.2, 0.25) is 0 Å². The van der Waals surface area contributed by atoms with E-state index in [-0.39, 0.29) is 6.10 Å². The zero-order valence-corrected chi connectivity index (χ0v) is 11.9. The van der Waals surface area contributed by atoms with E-state index < -0.39 is 11.4 Å². The lowest BCUT2D eigenvalue weighted by atomic mass is 9.86. The minimum atomic E-state index is -1.11. The third kappa shape index (κ3) is 3.36. The van der Waals surface area contributed by atoms with E-state index in [1.165, 1.54) is 0 Å². The van der Waals surface area contributed by atoms with Crippen LogP contribution in [0.25, 0.3) is 0 Å². The van der Waals surface area contributed by atoms with Crippen LogP contribution in [0.4, 0.5) is 0 Å². The summed E-state index contributed by atoms with van der Waals surface area (Å²) in [6.45, 7) is 5.24. The summed E-state index contributed by atoms with van der Waals surface area (Å²) in [5.41, 5.74) is 11.5. The number of benzene rings is 1. The molecule has 1 saturated heterocycles. The third-order valence-electron chi connectivity index (χ3n) is 3.88. The third-order valence-corrected chi connectivity index (χ3v) is 3.88. The molecule has 5 heteroatoms. The van der Waals surface area contributed by atoms with E-state index in [9.17, 15) is 4.79 Å². The fourth-order valence-corrected chi connectivity index (χ4v) is 2.57. The molecule has 110 valence electrons. The number of rotatable bonds is 5. The lowest BCUT2D eigenvalue weighted by Crippen LogP contribution is -2.52. The van der Waals surface area contributed by atoms with E-state index >= 15 is 0 Å². The molecule has 0 aromatic heterocycles. The number of primary amides is 1. The van der Waals surface area contributed by atoms with E-state index in [1.54, 1.807) is 0 Å². The molecule has 0 aliphatic carbocycles. The van der Waals surface area contributed by atoms with Crippen molar-refractivity contribution in [3.8, 4) is 0 Å². The van der Waals surface area contributed by atoms with Gasteiger partial charge in [-0.2, -0.15) is 0 Å². The Kier molecular flexibility index (Phi) is 4.75. The van der Waals surface area contributed by atoms with Crippen molar-refractivity contribution in [3.63, 3.8) is 0 Å². The summed E-state index contributed by atoms with van der Waals surface area (Å²) >= 11 is 0. The number of carbonyl (C=O) groups is 1. The van der Waals surface area contributed by atoms with Crippen LogP contribution in [0.3, 0.4) is 0 Å². The lowest BCUT2D eigenvalue weighted by molar-refractivity contribution is -0.124. The highest BCUT2D eigenvalue weighted by molar-refractivity contribution is 5.85. The minimum absolute atomic E-state index is 0.223. The topological polar surface area (TPSA) is 81.6 Å². The van der Waals surface area contributed by atoms with Crippen LogP contribution in [-0.4, -0.2) is 43.2 Å². The number of carbonyl (C=O) groups excluding carboxylic acids is 1. The summed E-state index contributed by atoms with van der Waals surface area (Å²) in [5.74, 6) is -0.481. The van der Waals surface area contributed by atoms with Crippen molar-refractivity contribution in [2.24, 2.45) is 11.5 Å². The molecule has 0 bridgehead atoms. The van der Waals surface area contributed by atoms with Gasteiger partial charge in [-0.05, 0) is 18.9 Å². The molecule has 1 aromatic rings. The number of nitrogens with two attached hydrogens (primary N) is 2. The number of amides is 1. The molecule has 1 heterocycles. The summed E-state index contributed by atoms with van der Waals surface area (Å²) in [6.07, 6.45) is 0.736. The Hall–Kier alpha value is -1.43. The highest BCUT2D eigenvalue weighted by Crippen LogP contribution is 2.22. The standard InChI is InChI=1S/C15H23N3O2/c1-12-11-18(9-10-20-12)8-7-15(17,14(16)19)13-5-3-2-4-6-13/h2-6,12H,7-11,17H2,1H3,(H2,16,19). The van der Waals surface area contributed by atoms with Crippen molar-refractivity contribution >= 4 is 5.91 Å². The molecule has 2 atom stereocenters. The Morgan fingerprint density at radius 3 is 2.75 bits per heavy atom. The first-order valence-corrected chi connectivity index (χ1v) is 7.00. The maximum Gasteiger partial charge on any atom is 0.242 e. The SMILES string of the molecule is CC1CN(CCC(N)(C(N)=O)c2ccccc2)CCO1. The van der Waals surface area contributed by atoms with Crippen molar-refractivity contribution in [2.45, 2.75) is 25.0 Å². The van der Waals surface area contributed by atoms with Gasteiger partial charge in [0.1, 0.15) is 5.54 Å². The largest absolute Gasteiger partial charge is 0.376 e. The smallest absolute Gasteiger partial charge is 0.242 e. The molecule has 20 heavy (non-hydrogen) atoms. The van der Waals surface area contributed by atoms with Crippen molar-refractivity contribution in [2.75, 3.05) is 26.2 Å². The summed E-state index contributed by atoms with van der Waals surface area (Å²) in [4.78, 5) is 14.1. The predicted octanol–water partition coefficient (Wildman–Crippen LogP) is 0.437. The Morgan fingerprint density at radius 1 is 1.45 bits per heavy atom. The van der Waals surface area contributed by atoms with Crippen molar-refractivity contribution in [1.82, 2.24) is 4.90 Å². The van der Waals surface area contributed by atoms with E-state index in [2.05, 4.69) is 4.90 Å². The molecule has 0 radical (unpaired) electrons. The minimum Gasteiger partial charge on any atom is -0.376 e. The highest BCUT2D eigenvalue weighted by Gasteiger charge is 2.34. The second-order valence-corrected chi connectivity index (χ2v) is 5.43. The summed E-state index contributed by atoms with van der Waals surface area (Å²) in [7, 11) is 0. The van der Waals surface area contributed by atoms with Gasteiger partial charge in [-0.15, -0.1) is 0 Å². The lowest BCUT2D eigenvalue weighted by Gasteiger charge is -2.34. The fourth-order valence-electron chi connectivity index (χ4n) is 2.57. The number of morpholine rings is 1. The molecule has 0 spiro atoms. The van der Waals surface area contributed by atoms with Crippen LogP contribution in [0.5, 0.6) is 0 Å². The average Bonchev–Trinajstić information content (AvgIpc) is 2.45. The molecule has 2 unspecified atom stereocenters. The summed E-state index contributed by atoms with van der Waals surface area (Å²) in [6, 6.07) is 9.35. The van der Waals surface area contributed by atoms with Crippen LogP contribution >= 0.6 is 0 Å². The van der Waals surface area contributed by atoms with Gasteiger partial charge in [-0.25, -0.2) is 0 Å². The molecule has 1 aromatic carbocycles. The van der Waals surface area contributed by atoms with E-state index in [0.717, 1.165) is 31.8 Å². The van der Waals surface area contributed by atoms with Crippen LogP contribution in [0, 0.1) is 0 Å². The van der Waals surface area contributed by atoms with Gasteiger partial charge in [-0.1, -0.05) is 30.3 Å². The molecule has 1 fully saturated rings. The molecular weight excluding hydrogens is 254 g/mol.